The van der Waals surface area contributed by atoms with Gasteiger partial charge in [0.2, 0.25) is 0 Å². The Kier molecular flexibility index (Phi) is 3.42. The Labute approximate surface area is 123 Å². The van der Waals surface area contributed by atoms with Gasteiger partial charge in [-0.15, -0.1) is 0 Å². The van der Waals surface area contributed by atoms with E-state index in [0.29, 0.717) is 10.7 Å². The number of imide groups is 1. The van der Waals surface area contributed by atoms with Gasteiger partial charge in [-0.2, -0.15) is 0 Å². The van der Waals surface area contributed by atoms with E-state index >= 15 is 0 Å². The van der Waals surface area contributed by atoms with Crippen molar-refractivity contribution in [2.24, 2.45) is 0 Å². The Hall–Kier alpha value is -1.55. The number of carbonyl (C=O) groups excluding carboxylic acids is 2. The molecule has 1 aliphatic heterocycles. The fourth-order valence-electron chi connectivity index (χ4n) is 3.12. The number of halogens is 1. The highest BCUT2D eigenvalue weighted by Crippen LogP contribution is 2.35. The highest BCUT2D eigenvalue weighted by molar-refractivity contribution is 6.30. The molecule has 1 heterocycles. The molecule has 106 valence electrons. The monoisotopic (exact) mass is 292 g/mol. The van der Waals surface area contributed by atoms with Gasteiger partial charge in [0, 0.05) is 5.02 Å². The van der Waals surface area contributed by atoms with Crippen molar-refractivity contribution >= 4 is 29.2 Å². The van der Waals surface area contributed by atoms with Gasteiger partial charge in [0.05, 0.1) is 5.69 Å². The number of amides is 3. The zero-order chi connectivity index (χ0) is 14.2. The molecule has 1 aromatic rings. The summed E-state index contributed by atoms with van der Waals surface area (Å²) >= 11 is 5.85. The standard InChI is InChI=1S/C15H17ClN2O2/c16-11-5-7-12(8-6-11)18-13(19)15(17-14(18)20)9-3-1-2-4-10-15/h5-8H,1-4,9-10H2,(H,17,20). The lowest BCUT2D eigenvalue weighted by Crippen LogP contribution is -2.46. The third-order valence-corrected chi connectivity index (χ3v) is 4.46. The van der Waals surface area contributed by atoms with E-state index in [1.54, 1.807) is 24.3 Å². The number of urea groups is 1. The minimum absolute atomic E-state index is 0.119. The number of anilines is 1. The van der Waals surface area contributed by atoms with Gasteiger partial charge in [-0.05, 0) is 37.1 Å². The quantitative estimate of drug-likeness (QED) is 0.806. The Balaban J connectivity index is 1.91. The topological polar surface area (TPSA) is 49.4 Å². The van der Waals surface area contributed by atoms with Crippen LogP contribution in [-0.4, -0.2) is 17.5 Å². The minimum atomic E-state index is -0.687. The molecule has 3 rings (SSSR count). The van der Waals surface area contributed by atoms with Crippen LogP contribution in [0.4, 0.5) is 10.5 Å². The Morgan fingerprint density at radius 1 is 1.00 bits per heavy atom. The lowest BCUT2D eigenvalue weighted by atomic mass is 9.90. The van der Waals surface area contributed by atoms with Crippen LogP contribution in [0.3, 0.4) is 0 Å². The maximum absolute atomic E-state index is 12.7. The Morgan fingerprint density at radius 2 is 1.60 bits per heavy atom. The van der Waals surface area contributed by atoms with Crippen molar-refractivity contribution in [1.29, 1.82) is 0 Å². The highest BCUT2D eigenvalue weighted by atomic mass is 35.5. The predicted octanol–water partition coefficient (Wildman–Crippen LogP) is 3.49. The van der Waals surface area contributed by atoms with E-state index in [4.69, 9.17) is 11.6 Å². The summed E-state index contributed by atoms with van der Waals surface area (Å²) in [4.78, 5) is 26.2. The molecule has 1 N–H and O–H groups in total. The van der Waals surface area contributed by atoms with Crippen LogP contribution in [0.2, 0.25) is 5.02 Å². The van der Waals surface area contributed by atoms with Crippen LogP contribution in [0.1, 0.15) is 38.5 Å². The van der Waals surface area contributed by atoms with Gasteiger partial charge in [-0.25, -0.2) is 9.69 Å². The van der Waals surface area contributed by atoms with Gasteiger partial charge in [-0.1, -0.05) is 37.3 Å². The van der Waals surface area contributed by atoms with Crippen LogP contribution in [0, 0.1) is 0 Å². The molecule has 0 bridgehead atoms. The molecule has 4 nitrogen and oxygen atoms in total. The van der Waals surface area contributed by atoms with Gasteiger partial charge < -0.3 is 5.32 Å². The van der Waals surface area contributed by atoms with E-state index in [1.807, 2.05) is 0 Å². The van der Waals surface area contributed by atoms with Crippen molar-refractivity contribution in [2.45, 2.75) is 44.1 Å². The van der Waals surface area contributed by atoms with E-state index < -0.39 is 5.54 Å². The van der Waals surface area contributed by atoms with Gasteiger partial charge >= 0.3 is 6.03 Å². The molecule has 5 heteroatoms. The second kappa shape index (κ2) is 5.09. The molecule has 1 saturated heterocycles. The van der Waals surface area contributed by atoms with E-state index in [9.17, 15) is 9.59 Å². The number of carbonyl (C=O) groups is 2. The molecule has 0 atom stereocenters. The summed E-state index contributed by atoms with van der Waals surface area (Å²) in [6.45, 7) is 0. The molecule has 1 aliphatic carbocycles. The molecule has 3 amide bonds. The lowest BCUT2D eigenvalue weighted by molar-refractivity contribution is -0.122. The smallest absolute Gasteiger partial charge is 0.323 e. The zero-order valence-corrected chi connectivity index (χ0v) is 11.9. The molecule has 0 radical (unpaired) electrons. The number of rotatable bonds is 1. The summed E-state index contributed by atoms with van der Waals surface area (Å²) in [5.74, 6) is -0.119. The van der Waals surface area contributed by atoms with Gasteiger partial charge in [0.1, 0.15) is 5.54 Å². The number of benzene rings is 1. The fourth-order valence-corrected chi connectivity index (χ4v) is 3.24. The Bertz CT molecular complexity index is 533. The molecule has 1 spiro atoms. The molecular weight excluding hydrogens is 276 g/mol. The lowest BCUT2D eigenvalue weighted by Gasteiger charge is -2.24. The van der Waals surface area contributed by atoms with Crippen LogP contribution in [0.15, 0.2) is 24.3 Å². The average Bonchev–Trinajstić information content (AvgIpc) is 2.60. The summed E-state index contributed by atoms with van der Waals surface area (Å²) < 4.78 is 0. The molecule has 1 aromatic carbocycles. The summed E-state index contributed by atoms with van der Waals surface area (Å²) in [7, 11) is 0. The van der Waals surface area contributed by atoms with Crippen LogP contribution < -0.4 is 10.2 Å². The van der Waals surface area contributed by atoms with E-state index in [1.165, 1.54) is 4.90 Å². The van der Waals surface area contributed by atoms with Gasteiger partial charge in [0.15, 0.2) is 0 Å². The van der Waals surface area contributed by atoms with E-state index in [-0.39, 0.29) is 11.9 Å². The average molecular weight is 293 g/mol. The van der Waals surface area contributed by atoms with E-state index in [2.05, 4.69) is 5.32 Å². The van der Waals surface area contributed by atoms with Crippen molar-refractivity contribution in [3.8, 4) is 0 Å². The number of hydrogen-bond donors (Lipinski definition) is 1. The van der Waals surface area contributed by atoms with Crippen molar-refractivity contribution < 1.29 is 9.59 Å². The largest absolute Gasteiger partial charge is 0.329 e. The molecule has 0 unspecified atom stereocenters. The molecule has 2 aliphatic rings. The molecule has 0 aromatic heterocycles. The fraction of sp³-hybridized carbons (Fsp3) is 0.467. The first-order chi connectivity index (χ1) is 9.62. The first-order valence-electron chi connectivity index (χ1n) is 7.05. The number of nitrogens with zero attached hydrogens (tertiary/aromatic N) is 1. The summed E-state index contributed by atoms with van der Waals surface area (Å²) in [5, 5.41) is 3.51. The summed E-state index contributed by atoms with van der Waals surface area (Å²) in [6, 6.07) is 6.47. The maximum atomic E-state index is 12.7. The summed E-state index contributed by atoms with van der Waals surface area (Å²) in [5.41, 5.74) is -0.106. The van der Waals surface area contributed by atoms with Crippen molar-refractivity contribution in [2.75, 3.05) is 4.90 Å². The normalized spacial score (nSPS) is 21.9. The van der Waals surface area contributed by atoms with E-state index in [0.717, 1.165) is 38.5 Å². The highest BCUT2D eigenvalue weighted by Gasteiger charge is 2.51. The van der Waals surface area contributed by atoms with Gasteiger partial charge in [-0.3, -0.25) is 4.79 Å². The minimum Gasteiger partial charge on any atom is -0.323 e. The molecule has 2 fully saturated rings. The third kappa shape index (κ3) is 2.18. The summed E-state index contributed by atoms with van der Waals surface area (Å²) in [6.07, 6.45) is 5.71. The first kappa shape index (κ1) is 13.4. The first-order valence-corrected chi connectivity index (χ1v) is 7.42. The second-order valence-corrected chi connectivity index (χ2v) is 5.98. The molecule has 1 saturated carbocycles. The second-order valence-electron chi connectivity index (χ2n) is 5.54. The van der Waals surface area contributed by atoms with Crippen molar-refractivity contribution in [1.82, 2.24) is 5.32 Å². The van der Waals surface area contributed by atoms with Crippen LogP contribution in [0.25, 0.3) is 0 Å². The van der Waals surface area contributed by atoms with Gasteiger partial charge in [0.25, 0.3) is 5.91 Å². The van der Waals surface area contributed by atoms with Crippen molar-refractivity contribution in [3.63, 3.8) is 0 Å². The van der Waals surface area contributed by atoms with Crippen LogP contribution in [-0.2, 0) is 4.79 Å². The number of hydrogen-bond acceptors (Lipinski definition) is 2. The number of nitrogens with one attached hydrogen (secondary N) is 1. The molecular formula is C15H17ClN2O2. The third-order valence-electron chi connectivity index (χ3n) is 4.20. The molecule has 20 heavy (non-hydrogen) atoms. The Morgan fingerprint density at radius 3 is 2.20 bits per heavy atom. The van der Waals surface area contributed by atoms with Crippen LogP contribution in [0.5, 0.6) is 0 Å². The SMILES string of the molecule is O=C1NC2(CCCCCC2)C(=O)N1c1ccc(Cl)cc1. The van der Waals surface area contributed by atoms with Crippen molar-refractivity contribution in [3.05, 3.63) is 29.3 Å². The predicted molar refractivity (Wildman–Crippen MR) is 77.9 cm³/mol. The maximum Gasteiger partial charge on any atom is 0.329 e. The van der Waals surface area contributed by atoms with Crippen LogP contribution >= 0.6 is 11.6 Å². The zero-order valence-electron chi connectivity index (χ0n) is 11.2.